The Bertz CT molecular complexity index is 299. The van der Waals surface area contributed by atoms with Crippen LogP contribution in [0.5, 0.6) is 0 Å². The highest BCUT2D eigenvalue weighted by molar-refractivity contribution is 6.31. The first-order chi connectivity index (χ1) is 6.16. The average Bonchev–Trinajstić information content (AvgIpc) is 2.12. The standard InChI is InChI=1S/C10H12ClFN/c1-7-3-4-9(11)8(10(7)12)5-6-13-2/h3-4H,5-6H2,1-2H3/q-1. The van der Waals surface area contributed by atoms with Gasteiger partial charge in [-0.05, 0) is 25.0 Å². The van der Waals surface area contributed by atoms with Crippen molar-refractivity contribution < 1.29 is 4.39 Å². The summed E-state index contributed by atoms with van der Waals surface area (Å²) in [4.78, 5) is 0. The normalized spacial score (nSPS) is 10.5. The summed E-state index contributed by atoms with van der Waals surface area (Å²) >= 11 is 5.86. The summed E-state index contributed by atoms with van der Waals surface area (Å²) in [7, 11) is 1.71. The number of halogens is 2. The van der Waals surface area contributed by atoms with Crippen molar-refractivity contribution in [3.8, 4) is 0 Å². The summed E-state index contributed by atoms with van der Waals surface area (Å²) in [6, 6.07) is 3.41. The van der Waals surface area contributed by atoms with Gasteiger partial charge in [0.1, 0.15) is 5.82 Å². The van der Waals surface area contributed by atoms with Crippen LogP contribution in [-0.4, -0.2) is 13.6 Å². The lowest BCUT2D eigenvalue weighted by Gasteiger charge is -2.13. The fraction of sp³-hybridized carbons (Fsp3) is 0.400. The molecule has 0 aliphatic carbocycles. The topological polar surface area (TPSA) is 14.1 Å². The molecule has 0 atom stereocenters. The van der Waals surface area contributed by atoms with E-state index in [1.54, 1.807) is 26.1 Å². The van der Waals surface area contributed by atoms with Gasteiger partial charge >= 0.3 is 0 Å². The van der Waals surface area contributed by atoms with Gasteiger partial charge in [0, 0.05) is 10.6 Å². The minimum absolute atomic E-state index is 0.198. The highest BCUT2D eigenvalue weighted by atomic mass is 35.5. The highest BCUT2D eigenvalue weighted by Gasteiger charge is 2.07. The molecule has 0 bridgehead atoms. The third kappa shape index (κ3) is 2.42. The first-order valence-corrected chi connectivity index (χ1v) is 4.53. The fourth-order valence-electron chi connectivity index (χ4n) is 1.17. The van der Waals surface area contributed by atoms with Gasteiger partial charge in [-0.3, -0.25) is 0 Å². The number of hydrogen-bond acceptors (Lipinski definition) is 0. The monoisotopic (exact) mass is 200 g/mol. The van der Waals surface area contributed by atoms with Gasteiger partial charge in [-0.2, -0.15) is 7.05 Å². The van der Waals surface area contributed by atoms with E-state index in [2.05, 4.69) is 5.32 Å². The maximum Gasteiger partial charge on any atom is 0.130 e. The van der Waals surface area contributed by atoms with E-state index in [1.807, 2.05) is 0 Å². The molecular formula is C10H12ClFN-. The third-order valence-electron chi connectivity index (χ3n) is 1.96. The molecule has 0 aliphatic rings. The summed E-state index contributed by atoms with van der Waals surface area (Å²) in [5, 5.41) is 4.41. The molecule has 0 saturated carbocycles. The van der Waals surface area contributed by atoms with Crippen molar-refractivity contribution in [2.75, 3.05) is 13.6 Å². The summed E-state index contributed by atoms with van der Waals surface area (Å²) in [5.74, 6) is -0.198. The molecule has 0 fully saturated rings. The Kier molecular flexibility index (Phi) is 3.70. The van der Waals surface area contributed by atoms with Gasteiger partial charge in [0.25, 0.3) is 0 Å². The summed E-state index contributed by atoms with van der Waals surface area (Å²) in [6.07, 6.45) is 0.572. The van der Waals surface area contributed by atoms with Gasteiger partial charge < -0.3 is 5.32 Å². The molecule has 1 aromatic carbocycles. The molecule has 0 saturated heterocycles. The van der Waals surface area contributed by atoms with E-state index in [9.17, 15) is 4.39 Å². The second kappa shape index (κ2) is 4.58. The highest BCUT2D eigenvalue weighted by Crippen LogP contribution is 2.22. The first kappa shape index (κ1) is 10.5. The second-order valence-corrected chi connectivity index (χ2v) is 3.35. The molecule has 0 heterocycles. The van der Waals surface area contributed by atoms with Gasteiger partial charge in [-0.1, -0.05) is 17.7 Å². The van der Waals surface area contributed by atoms with E-state index in [4.69, 9.17) is 11.6 Å². The molecule has 0 amide bonds. The van der Waals surface area contributed by atoms with Crippen LogP contribution in [0.1, 0.15) is 11.1 Å². The molecule has 0 radical (unpaired) electrons. The van der Waals surface area contributed by atoms with Crippen LogP contribution in [0.3, 0.4) is 0 Å². The average molecular weight is 201 g/mol. The van der Waals surface area contributed by atoms with E-state index in [0.29, 0.717) is 29.1 Å². The lowest BCUT2D eigenvalue weighted by Crippen LogP contribution is -1.98. The van der Waals surface area contributed by atoms with Crippen LogP contribution in [0, 0.1) is 12.7 Å². The molecule has 1 nitrogen and oxygen atoms in total. The maximum atomic E-state index is 13.5. The van der Waals surface area contributed by atoms with Crippen LogP contribution in [0.15, 0.2) is 12.1 Å². The molecule has 0 spiro atoms. The number of nitrogens with zero attached hydrogens (tertiary/aromatic N) is 1. The van der Waals surface area contributed by atoms with Crippen LogP contribution in [0.2, 0.25) is 5.02 Å². The Labute approximate surface area is 82.9 Å². The van der Waals surface area contributed by atoms with Gasteiger partial charge in [0.15, 0.2) is 0 Å². The summed E-state index contributed by atoms with van der Waals surface area (Å²) < 4.78 is 13.5. The van der Waals surface area contributed by atoms with Crippen LogP contribution >= 0.6 is 11.6 Å². The molecule has 0 aromatic heterocycles. The predicted molar refractivity (Wildman–Crippen MR) is 54.0 cm³/mol. The smallest absolute Gasteiger partial charge is 0.130 e. The molecule has 0 N–H and O–H groups in total. The molecule has 0 unspecified atom stereocenters. The van der Waals surface area contributed by atoms with Crippen LogP contribution in [0.4, 0.5) is 4.39 Å². The van der Waals surface area contributed by atoms with E-state index in [1.165, 1.54) is 0 Å². The quantitative estimate of drug-likeness (QED) is 0.711. The van der Waals surface area contributed by atoms with Crippen molar-refractivity contribution in [2.45, 2.75) is 13.3 Å². The molecule has 0 aliphatic heterocycles. The second-order valence-electron chi connectivity index (χ2n) is 2.95. The summed E-state index contributed by atoms with van der Waals surface area (Å²) in [6.45, 7) is 2.35. The molecule has 13 heavy (non-hydrogen) atoms. The Morgan fingerprint density at radius 2 is 2.15 bits per heavy atom. The predicted octanol–water partition coefficient (Wildman–Crippen LogP) is 3.33. The molecular weight excluding hydrogens is 189 g/mol. The van der Waals surface area contributed by atoms with Crippen molar-refractivity contribution in [1.29, 1.82) is 0 Å². The maximum absolute atomic E-state index is 13.5. The lowest BCUT2D eigenvalue weighted by atomic mass is 10.1. The summed E-state index contributed by atoms with van der Waals surface area (Å²) in [5.41, 5.74) is 1.21. The van der Waals surface area contributed by atoms with Crippen molar-refractivity contribution >= 4 is 11.6 Å². The molecule has 1 aromatic rings. The SMILES string of the molecule is C[N-]CCc1c(Cl)ccc(C)c1F. The van der Waals surface area contributed by atoms with Crippen LogP contribution < -0.4 is 0 Å². The number of hydrogen-bond donors (Lipinski definition) is 0. The van der Waals surface area contributed by atoms with E-state index in [-0.39, 0.29) is 5.82 Å². The zero-order valence-electron chi connectivity index (χ0n) is 7.77. The minimum atomic E-state index is -0.198. The Hall–Kier alpha value is -0.600. The number of likely N-dealkylation sites (N-methyl/N-ethyl adjacent to an activating group) is 1. The lowest BCUT2D eigenvalue weighted by molar-refractivity contribution is 0.602. The van der Waals surface area contributed by atoms with E-state index >= 15 is 0 Å². The Morgan fingerprint density at radius 1 is 1.46 bits per heavy atom. The van der Waals surface area contributed by atoms with Crippen molar-refractivity contribution in [1.82, 2.24) is 0 Å². The molecule has 72 valence electrons. The van der Waals surface area contributed by atoms with Crippen LogP contribution in [-0.2, 0) is 6.42 Å². The first-order valence-electron chi connectivity index (χ1n) is 4.16. The fourth-order valence-corrected chi connectivity index (χ4v) is 1.41. The largest absolute Gasteiger partial charge is 0.665 e. The zero-order chi connectivity index (χ0) is 9.84. The molecule has 3 heteroatoms. The third-order valence-corrected chi connectivity index (χ3v) is 2.32. The zero-order valence-corrected chi connectivity index (χ0v) is 8.53. The number of benzene rings is 1. The van der Waals surface area contributed by atoms with Gasteiger partial charge in [0.2, 0.25) is 0 Å². The molecule has 1 rings (SSSR count). The van der Waals surface area contributed by atoms with Gasteiger partial charge in [-0.25, -0.2) is 4.39 Å². The van der Waals surface area contributed by atoms with Crippen molar-refractivity contribution in [3.63, 3.8) is 0 Å². The minimum Gasteiger partial charge on any atom is -0.665 e. The van der Waals surface area contributed by atoms with E-state index in [0.717, 1.165) is 0 Å². The number of aryl methyl sites for hydroxylation is 1. The van der Waals surface area contributed by atoms with E-state index < -0.39 is 0 Å². The van der Waals surface area contributed by atoms with Crippen molar-refractivity contribution in [3.05, 3.63) is 39.4 Å². The van der Waals surface area contributed by atoms with Gasteiger partial charge in [0.05, 0.1) is 0 Å². The Morgan fingerprint density at radius 3 is 2.77 bits per heavy atom. The van der Waals surface area contributed by atoms with Gasteiger partial charge in [-0.15, -0.1) is 6.54 Å². The van der Waals surface area contributed by atoms with Crippen LogP contribution in [0.25, 0.3) is 5.32 Å². The number of rotatable bonds is 3. The van der Waals surface area contributed by atoms with Crippen molar-refractivity contribution in [2.24, 2.45) is 0 Å². The Balaban J connectivity index is 2.96.